The number of aliphatic hydroxyl groups is 1. The van der Waals surface area contributed by atoms with Crippen LogP contribution in [0.2, 0.25) is 0 Å². The SMILES string of the molecule is CC(C)c1ccc(C(=O)CSCc2ccc(CO)cc2)cc1. The fraction of sp³-hybridized carbons (Fsp3) is 0.316. The van der Waals surface area contributed by atoms with Crippen LogP contribution in [-0.4, -0.2) is 16.6 Å². The lowest BCUT2D eigenvalue weighted by molar-refractivity contribution is 0.102. The first kappa shape index (κ1) is 16.8. The smallest absolute Gasteiger partial charge is 0.172 e. The Labute approximate surface area is 136 Å². The van der Waals surface area contributed by atoms with Crippen molar-refractivity contribution in [1.29, 1.82) is 0 Å². The zero-order valence-corrected chi connectivity index (χ0v) is 13.9. The molecule has 22 heavy (non-hydrogen) atoms. The molecule has 0 saturated heterocycles. The monoisotopic (exact) mass is 314 g/mol. The zero-order valence-electron chi connectivity index (χ0n) is 13.1. The highest BCUT2D eigenvalue weighted by Gasteiger charge is 2.07. The molecule has 0 aliphatic rings. The van der Waals surface area contributed by atoms with E-state index in [1.54, 1.807) is 11.8 Å². The molecule has 0 aliphatic heterocycles. The molecule has 0 aliphatic carbocycles. The minimum absolute atomic E-state index is 0.0677. The van der Waals surface area contributed by atoms with Gasteiger partial charge in [0.2, 0.25) is 0 Å². The Balaban J connectivity index is 1.84. The topological polar surface area (TPSA) is 37.3 Å². The van der Waals surface area contributed by atoms with E-state index in [-0.39, 0.29) is 12.4 Å². The molecule has 116 valence electrons. The van der Waals surface area contributed by atoms with Crippen molar-refractivity contribution in [2.24, 2.45) is 0 Å². The van der Waals surface area contributed by atoms with E-state index in [1.165, 1.54) is 11.1 Å². The summed E-state index contributed by atoms with van der Waals surface area (Å²) < 4.78 is 0. The van der Waals surface area contributed by atoms with Gasteiger partial charge in [0, 0.05) is 11.3 Å². The second-order valence-electron chi connectivity index (χ2n) is 5.67. The molecule has 1 N–H and O–H groups in total. The Kier molecular flexibility index (Phi) is 6.22. The molecule has 2 rings (SSSR count). The van der Waals surface area contributed by atoms with Gasteiger partial charge < -0.3 is 5.11 Å². The predicted octanol–water partition coefficient (Wildman–Crippen LogP) is 4.42. The van der Waals surface area contributed by atoms with Crippen LogP contribution in [0.4, 0.5) is 0 Å². The number of hydrogen-bond acceptors (Lipinski definition) is 3. The van der Waals surface area contributed by atoms with Crippen LogP contribution in [0.5, 0.6) is 0 Å². The minimum Gasteiger partial charge on any atom is -0.392 e. The number of Topliss-reactive ketones (excluding diaryl/α,β-unsaturated/α-hetero) is 1. The number of rotatable bonds is 7. The molecule has 0 spiro atoms. The lowest BCUT2D eigenvalue weighted by atomic mass is 10.0. The first-order chi connectivity index (χ1) is 10.6. The van der Waals surface area contributed by atoms with E-state index in [2.05, 4.69) is 13.8 Å². The van der Waals surface area contributed by atoms with Crippen LogP contribution >= 0.6 is 11.8 Å². The van der Waals surface area contributed by atoms with Gasteiger partial charge in [-0.1, -0.05) is 62.4 Å². The summed E-state index contributed by atoms with van der Waals surface area (Å²) in [5.41, 5.74) is 4.13. The van der Waals surface area contributed by atoms with Gasteiger partial charge in [-0.3, -0.25) is 4.79 Å². The number of aliphatic hydroxyl groups excluding tert-OH is 1. The summed E-state index contributed by atoms with van der Waals surface area (Å²) in [7, 11) is 0. The average Bonchev–Trinajstić information content (AvgIpc) is 2.55. The Morgan fingerprint density at radius 3 is 2.14 bits per heavy atom. The van der Waals surface area contributed by atoms with Gasteiger partial charge in [-0.15, -0.1) is 11.8 Å². The van der Waals surface area contributed by atoms with E-state index in [1.807, 2.05) is 48.5 Å². The van der Waals surface area contributed by atoms with Crippen molar-refractivity contribution in [2.45, 2.75) is 32.1 Å². The molecule has 0 aromatic heterocycles. The lowest BCUT2D eigenvalue weighted by Gasteiger charge is -2.07. The summed E-state index contributed by atoms with van der Waals surface area (Å²) in [6, 6.07) is 15.8. The van der Waals surface area contributed by atoms with Gasteiger partial charge in [0.25, 0.3) is 0 Å². The highest BCUT2D eigenvalue weighted by molar-refractivity contribution is 7.99. The van der Waals surface area contributed by atoms with Gasteiger partial charge in [-0.25, -0.2) is 0 Å². The van der Waals surface area contributed by atoms with Crippen LogP contribution in [-0.2, 0) is 12.4 Å². The maximum absolute atomic E-state index is 12.2. The third-order valence-electron chi connectivity index (χ3n) is 3.61. The molecule has 0 unspecified atom stereocenters. The number of hydrogen-bond donors (Lipinski definition) is 1. The van der Waals surface area contributed by atoms with Crippen molar-refractivity contribution < 1.29 is 9.90 Å². The molecule has 0 bridgehead atoms. The van der Waals surface area contributed by atoms with E-state index in [0.717, 1.165) is 16.9 Å². The third kappa shape index (κ3) is 4.72. The van der Waals surface area contributed by atoms with Crippen molar-refractivity contribution >= 4 is 17.5 Å². The Bertz CT molecular complexity index is 600. The van der Waals surface area contributed by atoms with Crippen molar-refractivity contribution in [2.75, 3.05) is 5.75 Å². The average molecular weight is 314 g/mol. The van der Waals surface area contributed by atoms with Gasteiger partial charge >= 0.3 is 0 Å². The largest absolute Gasteiger partial charge is 0.392 e. The van der Waals surface area contributed by atoms with Crippen LogP contribution in [0.15, 0.2) is 48.5 Å². The quantitative estimate of drug-likeness (QED) is 0.769. The van der Waals surface area contributed by atoms with E-state index < -0.39 is 0 Å². The number of carbonyl (C=O) groups is 1. The number of carbonyl (C=O) groups excluding carboxylic acids is 1. The van der Waals surface area contributed by atoms with E-state index in [0.29, 0.717) is 11.7 Å². The maximum atomic E-state index is 12.2. The molecular weight excluding hydrogens is 292 g/mol. The molecular formula is C19H22O2S. The van der Waals surface area contributed by atoms with Crippen molar-refractivity contribution in [3.63, 3.8) is 0 Å². The fourth-order valence-electron chi connectivity index (χ4n) is 2.14. The molecule has 2 aromatic rings. The highest BCUT2D eigenvalue weighted by Crippen LogP contribution is 2.18. The van der Waals surface area contributed by atoms with Gasteiger partial charge in [0.15, 0.2) is 5.78 Å². The molecule has 2 aromatic carbocycles. The second-order valence-corrected chi connectivity index (χ2v) is 6.65. The Morgan fingerprint density at radius 1 is 1.00 bits per heavy atom. The van der Waals surface area contributed by atoms with E-state index in [4.69, 9.17) is 5.11 Å². The van der Waals surface area contributed by atoms with Crippen molar-refractivity contribution in [3.05, 3.63) is 70.8 Å². The standard InChI is InChI=1S/C19H22O2S/c1-14(2)17-7-9-18(10-8-17)19(21)13-22-12-16-5-3-15(11-20)4-6-16/h3-10,14,20H,11-13H2,1-2H3. The maximum Gasteiger partial charge on any atom is 0.172 e. The first-order valence-electron chi connectivity index (χ1n) is 7.49. The Morgan fingerprint density at radius 2 is 1.59 bits per heavy atom. The fourth-order valence-corrected chi connectivity index (χ4v) is 3.02. The van der Waals surface area contributed by atoms with Crippen LogP contribution in [0.1, 0.15) is 46.8 Å². The molecule has 0 amide bonds. The molecule has 0 fully saturated rings. The van der Waals surface area contributed by atoms with Crippen molar-refractivity contribution in [1.82, 2.24) is 0 Å². The normalized spacial score (nSPS) is 10.9. The molecule has 0 atom stereocenters. The molecule has 0 radical (unpaired) electrons. The van der Waals surface area contributed by atoms with Crippen molar-refractivity contribution in [3.8, 4) is 0 Å². The van der Waals surface area contributed by atoms with Crippen LogP contribution in [0.3, 0.4) is 0 Å². The third-order valence-corrected chi connectivity index (χ3v) is 4.61. The predicted molar refractivity (Wildman–Crippen MR) is 93.4 cm³/mol. The highest BCUT2D eigenvalue weighted by atomic mass is 32.2. The van der Waals surface area contributed by atoms with Crippen LogP contribution < -0.4 is 0 Å². The van der Waals surface area contributed by atoms with Gasteiger partial charge in [0.05, 0.1) is 12.4 Å². The molecule has 0 saturated carbocycles. The van der Waals surface area contributed by atoms with E-state index in [9.17, 15) is 4.79 Å². The summed E-state index contributed by atoms with van der Waals surface area (Å²) in [5, 5.41) is 9.01. The summed E-state index contributed by atoms with van der Waals surface area (Å²) in [4.78, 5) is 12.2. The van der Waals surface area contributed by atoms with Crippen LogP contribution in [0, 0.1) is 0 Å². The Hall–Kier alpha value is -1.58. The molecule has 0 heterocycles. The van der Waals surface area contributed by atoms with Crippen LogP contribution in [0.25, 0.3) is 0 Å². The summed E-state index contributed by atoms with van der Waals surface area (Å²) in [5.74, 6) is 1.96. The van der Waals surface area contributed by atoms with Gasteiger partial charge in [-0.2, -0.15) is 0 Å². The zero-order chi connectivity index (χ0) is 15.9. The number of thioether (sulfide) groups is 1. The molecule has 2 nitrogen and oxygen atoms in total. The summed E-state index contributed by atoms with van der Waals surface area (Å²) in [6.07, 6.45) is 0. The summed E-state index contributed by atoms with van der Waals surface area (Å²) in [6.45, 7) is 4.36. The molecule has 3 heteroatoms. The number of benzene rings is 2. The van der Waals surface area contributed by atoms with Gasteiger partial charge in [-0.05, 0) is 22.6 Å². The lowest BCUT2D eigenvalue weighted by Crippen LogP contribution is -2.03. The van der Waals surface area contributed by atoms with Gasteiger partial charge in [0.1, 0.15) is 0 Å². The first-order valence-corrected chi connectivity index (χ1v) is 8.65. The van der Waals surface area contributed by atoms with E-state index >= 15 is 0 Å². The minimum atomic E-state index is 0.0677. The second kappa shape index (κ2) is 8.16. The number of ketones is 1. The summed E-state index contributed by atoms with van der Waals surface area (Å²) >= 11 is 1.62.